The molecule has 1 saturated carbocycles. The highest BCUT2D eigenvalue weighted by molar-refractivity contribution is 6.00. The normalized spacial score (nSPS) is 17.4. The molecule has 0 spiro atoms. The highest BCUT2D eigenvalue weighted by Crippen LogP contribution is 2.26. The summed E-state index contributed by atoms with van der Waals surface area (Å²) in [5, 5.41) is 18.7. The lowest BCUT2D eigenvalue weighted by atomic mass is 10.0. The molecule has 10 nitrogen and oxygen atoms in total. The quantitative estimate of drug-likeness (QED) is 0.278. The van der Waals surface area contributed by atoms with Crippen LogP contribution in [-0.4, -0.2) is 52.2 Å². The van der Waals surface area contributed by atoms with Crippen LogP contribution in [0.25, 0.3) is 10.9 Å². The molecule has 1 aliphatic rings. The number of ether oxygens (including phenoxy) is 1. The average molecular weight is 535 g/mol. The third-order valence-corrected chi connectivity index (χ3v) is 7.12. The fourth-order valence-electron chi connectivity index (χ4n) is 4.99. The summed E-state index contributed by atoms with van der Waals surface area (Å²) in [6, 6.07) is 17.3. The number of para-hydroxylation sites is 1. The highest BCUT2D eigenvalue weighted by Gasteiger charge is 2.35. The molecule has 206 valence electrons. The fraction of sp³-hybridized carbons (Fsp3) is 0.379. The van der Waals surface area contributed by atoms with E-state index in [0.29, 0.717) is 31.4 Å². The molecule has 1 aromatic heterocycles. The van der Waals surface area contributed by atoms with Crippen LogP contribution in [0.2, 0.25) is 0 Å². The Morgan fingerprint density at radius 2 is 1.79 bits per heavy atom. The minimum absolute atomic E-state index is 0.144. The van der Waals surface area contributed by atoms with Crippen LogP contribution in [0, 0.1) is 5.92 Å². The summed E-state index contributed by atoms with van der Waals surface area (Å²) in [4.78, 5) is 50.1. The maximum atomic E-state index is 13.2. The lowest BCUT2D eigenvalue weighted by Gasteiger charge is -2.23. The molecule has 0 saturated heterocycles. The highest BCUT2D eigenvalue weighted by atomic mass is 16.5. The van der Waals surface area contributed by atoms with Gasteiger partial charge in [-0.25, -0.2) is 4.79 Å². The number of hydrogen-bond acceptors (Lipinski definition) is 5. The topological polar surface area (TPSA) is 139 Å². The van der Waals surface area contributed by atoms with Crippen molar-refractivity contribution in [2.24, 2.45) is 13.0 Å². The SMILES string of the molecule is Cn1c(C(=O)N[C@@H](CCCNC(=O)OCc2ccccc2)C(=O)N[C@H]2CCC[C@H]2C(=O)O)cc2ccccc21. The number of rotatable bonds is 11. The predicted molar refractivity (Wildman–Crippen MR) is 145 cm³/mol. The zero-order valence-corrected chi connectivity index (χ0v) is 21.9. The molecule has 4 rings (SSSR count). The molecule has 2 aromatic carbocycles. The van der Waals surface area contributed by atoms with Gasteiger partial charge >= 0.3 is 12.1 Å². The van der Waals surface area contributed by atoms with E-state index in [-0.39, 0.29) is 19.6 Å². The first-order chi connectivity index (χ1) is 18.8. The fourth-order valence-corrected chi connectivity index (χ4v) is 4.99. The molecular formula is C29H34N4O6. The minimum Gasteiger partial charge on any atom is -0.481 e. The van der Waals surface area contributed by atoms with E-state index in [4.69, 9.17) is 4.74 Å². The van der Waals surface area contributed by atoms with Crippen LogP contribution in [0.15, 0.2) is 60.7 Å². The molecule has 1 aliphatic carbocycles. The number of benzene rings is 2. The van der Waals surface area contributed by atoms with Crippen molar-refractivity contribution in [2.45, 2.75) is 50.8 Å². The number of nitrogens with one attached hydrogen (secondary N) is 3. The summed E-state index contributed by atoms with van der Waals surface area (Å²) in [6.07, 6.45) is 1.84. The molecule has 3 amide bonds. The molecule has 0 radical (unpaired) electrons. The summed E-state index contributed by atoms with van der Waals surface area (Å²) >= 11 is 0. The van der Waals surface area contributed by atoms with Gasteiger partial charge in [0, 0.05) is 30.5 Å². The Hall–Kier alpha value is -4.34. The predicted octanol–water partition coefficient (Wildman–Crippen LogP) is 3.35. The van der Waals surface area contributed by atoms with E-state index in [1.807, 2.05) is 54.6 Å². The number of carboxylic acid groups (broad SMARTS) is 1. The summed E-state index contributed by atoms with van der Waals surface area (Å²) in [6.45, 7) is 0.382. The second kappa shape index (κ2) is 12.9. The lowest BCUT2D eigenvalue weighted by molar-refractivity contribution is -0.142. The maximum absolute atomic E-state index is 13.2. The Morgan fingerprint density at radius 1 is 1.05 bits per heavy atom. The second-order valence-electron chi connectivity index (χ2n) is 9.79. The first-order valence-electron chi connectivity index (χ1n) is 13.2. The number of carboxylic acids is 1. The van der Waals surface area contributed by atoms with E-state index in [9.17, 15) is 24.3 Å². The molecule has 0 unspecified atom stereocenters. The van der Waals surface area contributed by atoms with Gasteiger partial charge in [-0.15, -0.1) is 0 Å². The van der Waals surface area contributed by atoms with Gasteiger partial charge in [-0.2, -0.15) is 0 Å². The molecule has 39 heavy (non-hydrogen) atoms. The number of carbonyl (C=O) groups excluding carboxylic acids is 3. The molecule has 10 heteroatoms. The number of carbonyl (C=O) groups is 4. The number of amides is 3. The van der Waals surface area contributed by atoms with Crippen molar-refractivity contribution in [3.8, 4) is 0 Å². The standard InChI is InChI=1S/C29H34N4O6/c1-33-24-15-6-5-11-20(24)17-25(33)27(35)32-23(26(34)31-22-13-7-12-21(22)28(36)37)14-8-16-30-29(38)39-18-19-9-3-2-4-10-19/h2-6,9-11,15,17,21-23H,7-8,12-14,16,18H2,1H3,(H,30,38)(H,31,34)(H,32,35)(H,36,37)/t21-,22+,23+/m1/s1. The van der Waals surface area contributed by atoms with Crippen LogP contribution in [-0.2, 0) is 28.0 Å². The first kappa shape index (κ1) is 27.7. The number of aromatic nitrogens is 1. The van der Waals surface area contributed by atoms with Crippen molar-refractivity contribution in [1.82, 2.24) is 20.5 Å². The average Bonchev–Trinajstić information content (AvgIpc) is 3.54. The largest absolute Gasteiger partial charge is 0.481 e. The van der Waals surface area contributed by atoms with Gasteiger partial charge in [0.2, 0.25) is 5.91 Å². The smallest absolute Gasteiger partial charge is 0.407 e. The van der Waals surface area contributed by atoms with Crippen molar-refractivity contribution in [2.75, 3.05) is 6.54 Å². The van der Waals surface area contributed by atoms with Gasteiger partial charge in [0.15, 0.2) is 0 Å². The van der Waals surface area contributed by atoms with Crippen LogP contribution in [0.1, 0.15) is 48.2 Å². The number of alkyl carbamates (subject to hydrolysis) is 1. The Kier molecular flexibility index (Phi) is 9.19. The van der Waals surface area contributed by atoms with Crippen LogP contribution in [0.4, 0.5) is 4.79 Å². The Labute approximate surface area is 226 Å². The number of nitrogens with zero attached hydrogens (tertiary/aromatic N) is 1. The van der Waals surface area contributed by atoms with E-state index in [2.05, 4.69) is 16.0 Å². The van der Waals surface area contributed by atoms with Crippen molar-refractivity contribution in [3.05, 3.63) is 71.9 Å². The van der Waals surface area contributed by atoms with Gasteiger partial charge < -0.3 is 30.4 Å². The number of aryl methyl sites for hydroxylation is 1. The van der Waals surface area contributed by atoms with E-state index >= 15 is 0 Å². The minimum atomic E-state index is -0.938. The zero-order chi connectivity index (χ0) is 27.8. The molecule has 3 atom stereocenters. The number of fused-ring (bicyclic) bond motifs is 1. The van der Waals surface area contributed by atoms with Crippen molar-refractivity contribution >= 4 is 34.8 Å². The van der Waals surface area contributed by atoms with Gasteiger partial charge in [-0.1, -0.05) is 55.0 Å². The third-order valence-electron chi connectivity index (χ3n) is 7.12. The van der Waals surface area contributed by atoms with Crippen LogP contribution in [0.5, 0.6) is 0 Å². The van der Waals surface area contributed by atoms with Crippen LogP contribution >= 0.6 is 0 Å². The summed E-state index contributed by atoms with van der Waals surface area (Å²) < 4.78 is 6.98. The van der Waals surface area contributed by atoms with E-state index in [1.165, 1.54) is 0 Å². The maximum Gasteiger partial charge on any atom is 0.407 e. The third kappa shape index (κ3) is 7.16. The van der Waals surface area contributed by atoms with Gasteiger partial charge in [0.1, 0.15) is 18.3 Å². The molecular weight excluding hydrogens is 500 g/mol. The molecule has 0 bridgehead atoms. The summed E-state index contributed by atoms with van der Waals surface area (Å²) in [5.41, 5.74) is 2.16. The van der Waals surface area contributed by atoms with Crippen LogP contribution in [0.3, 0.4) is 0 Å². The monoisotopic (exact) mass is 534 g/mol. The Balaban J connectivity index is 1.37. The van der Waals surface area contributed by atoms with E-state index in [0.717, 1.165) is 16.5 Å². The van der Waals surface area contributed by atoms with Gasteiger partial charge in [-0.05, 0) is 43.4 Å². The molecule has 1 heterocycles. The molecule has 4 N–H and O–H groups in total. The lowest BCUT2D eigenvalue weighted by Crippen LogP contribution is -2.51. The molecule has 1 fully saturated rings. The Morgan fingerprint density at radius 3 is 2.54 bits per heavy atom. The zero-order valence-electron chi connectivity index (χ0n) is 21.9. The second-order valence-corrected chi connectivity index (χ2v) is 9.79. The van der Waals surface area contributed by atoms with Crippen molar-refractivity contribution in [1.29, 1.82) is 0 Å². The first-order valence-corrected chi connectivity index (χ1v) is 13.2. The number of hydrogen-bond donors (Lipinski definition) is 4. The van der Waals surface area contributed by atoms with Crippen molar-refractivity contribution in [3.63, 3.8) is 0 Å². The Bertz CT molecular complexity index is 1320. The van der Waals surface area contributed by atoms with Gasteiger partial charge in [0.05, 0.1) is 5.92 Å². The van der Waals surface area contributed by atoms with Crippen LogP contribution < -0.4 is 16.0 Å². The molecule has 3 aromatic rings. The van der Waals surface area contributed by atoms with Crippen molar-refractivity contribution < 1.29 is 29.0 Å². The number of aliphatic carboxylic acids is 1. The van der Waals surface area contributed by atoms with E-state index in [1.54, 1.807) is 17.7 Å². The molecule has 0 aliphatic heterocycles. The van der Waals surface area contributed by atoms with Gasteiger partial charge in [-0.3, -0.25) is 14.4 Å². The summed E-state index contributed by atoms with van der Waals surface area (Å²) in [5.74, 6) is -2.44. The van der Waals surface area contributed by atoms with E-state index < -0.39 is 41.9 Å². The van der Waals surface area contributed by atoms with Gasteiger partial charge in [0.25, 0.3) is 5.91 Å². The summed E-state index contributed by atoms with van der Waals surface area (Å²) in [7, 11) is 1.79.